The molecule has 21 heavy (non-hydrogen) atoms. The first-order valence-corrected chi connectivity index (χ1v) is 6.81. The number of carbonyl (C=O) groups is 1. The number of amides is 1. The lowest BCUT2D eigenvalue weighted by Gasteiger charge is -2.08. The fourth-order valence-corrected chi connectivity index (χ4v) is 1.83. The largest absolute Gasteiger partial charge is 0.497 e. The minimum absolute atomic E-state index is 0.138. The van der Waals surface area contributed by atoms with Crippen LogP contribution in [0.2, 0.25) is 0 Å². The Balaban J connectivity index is 1.77. The van der Waals surface area contributed by atoms with Gasteiger partial charge in [0.05, 0.1) is 13.7 Å². The van der Waals surface area contributed by atoms with Crippen LogP contribution in [0, 0.1) is 6.92 Å². The molecule has 0 heterocycles. The second-order valence-electron chi connectivity index (χ2n) is 4.65. The molecule has 0 bridgehead atoms. The van der Waals surface area contributed by atoms with Gasteiger partial charge in [-0.15, -0.1) is 0 Å². The lowest BCUT2D eigenvalue weighted by Crippen LogP contribution is -2.28. The molecule has 2 aromatic rings. The molecule has 2 rings (SSSR count). The van der Waals surface area contributed by atoms with Crippen molar-refractivity contribution in [2.75, 3.05) is 20.3 Å². The highest BCUT2D eigenvalue weighted by Crippen LogP contribution is 2.12. The third-order valence-electron chi connectivity index (χ3n) is 3.01. The van der Waals surface area contributed by atoms with E-state index in [1.807, 2.05) is 31.2 Å². The number of carbonyl (C=O) groups excluding carboxylic acids is 1. The zero-order valence-corrected chi connectivity index (χ0v) is 12.3. The van der Waals surface area contributed by atoms with Crippen LogP contribution in [0.1, 0.15) is 15.9 Å². The fourth-order valence-electron chi connectivity index (χ4n) is 1.83. The van der Waals surface area contributed by atoms with Crippen LogP contribution < -0.4 is 14.8 Å². The smallest absolute Gasteiger partial charge is 0.251 e. The van der Waals surface area contributed by atoms with Gasteiger partial charge in [0.25, 0.3) is 5.91 Å². The van der Waals surface area contributed by atoms with E-state index in [-0.39, 0.29) is 5.91 Å². The molecular formula is C17H19NO3. The second kappa shape index (κ2) is 7.33. The van der Waals surface area contributed by atoms with Crippen LogP contribution in [0.4, 0.5) is 0 Å². The van der Waals surface area contributed by atoms with Gasteiger partial charge in [-0.3, -0.25) is 4.79 Å². The van der Waals surface area contributed by atoms with Crippen molar-refractivity contribution in [3.8, 4) is 11.5 Å². The number of hydrogen-bond donors (Lipinski definition) is 1. The van der Waals surface area contributed by atoms with Gasteiger partial charge in [0.2, 0.25) is 0 Å². The van der Waals surface area contributed by atoms with Crippen LogP contribution in [0.3, 0.4) is 0 Å². The average Bonchev–Trinajstić information content (AvgIpc) is 2.53. The van der Waals surface area contributed by atoms with Gasteiger partial charge in [-0.2, -0.15) is 0 Å². The summed E-state index contributed by atoms with van der Waals surface area (Å²) in [5.74, 6) is 1.33. The molecule has 0 spiro atoms. The molecule has 1 N–H and O–H groups in total. The number of methoxy groups -OCH3 is 1. The number of hydrogen-bond acceptors (Lipinski definition) is 3. The number of rotatable bonds is 6. The summed E-state index contributed by atoms with van der Waals surface area (Å²) in [7, 11) is 1.58. The van der Waals surface area contributed by atoms with E-state index in [1.54, 1.807) is 31.4 Å². The van der Waals surface area contributed by atoms with Gasteiger partial charge in [-0.05, 0) is 37.3 Å². The number of aryl methyl sites for hydroxylation is 1. The predicted molar refractivity (Wildman–Crippen MR) is 82.0 cm³/mol. The van der Waals surface area contributed by atoms with E-state index in [2.05, 4.69) is 5.32 Å². The molecule has 0 aliphatic heterocycles. The maximum atomic E-state index is 11.9. The summed E-state index contributed by atoms with van der Waals surface area (Å²) in [5.41, 5.74) is 1.76. The van der Waals surface area contributed by atoms with E-state index in [4.69, 9.17) is 9.47 Å². The van der Waals surface area contributed by atoms with Crippen LogP contribution in [-0.2, 0) is 0 Å². The standard InChI is InChI=1S/C17H19NO3/c1-13-6-8-15(9-7-13)21-11-10-18-17(19)14-4-3-5-16(12-14)20-2/h3-9,12H,10-11H2,1-2H3,(H,18,19). The SMILES string of the molecule is COc1cccc(C(=O)NCCOc2ccc(C)cc2)c1. The molecule has 0 aliphatic rings. The number of benzene rings is 2. The minimum Gasteiger partial charge on any atom is -0.497 e. The summed E-state index contributed by atoms with van der Waals surface area (Å²) < 4.78 is 10.6. The van der Waals surface area contributed by atoms with Gasteiger partial charge in [0, 0.05) is 5.56 Å². The molecule has 0 saturated heterocycles. The Morgan fingerprint density at radius 3 is 2.57 bits per heavy atom. The Morgan fingerprint density at radius 1 is 1.10 bits per heavy atom. The van der Waals surface area contributed by atoms with Crippen molar-refractivity contribution in [1.29, 1.82) is 0 Å². The molecule has 1 amide bonds. The molecule has 110 valence electrons. The van der Waals surface area contributed by atoms with Crippen molar-refractivity contribution in [3.05, 3.63) is 59.7 Å². The summed E-state index contributed by atoms with van der Waals surface area (Å²) in [5, 5.41) is 2.81. The maximum absolute atomic E-state index is 11.9. The van der Waals surface area contributed by atoms with Crippen molar-refractivity contribution >= 4 is 5.91 Å². The van der Waals surface area contributed by atoms with Gasteiger partial charge < -0.3 is 14.8 Å². The van der Waals surface area contributed by atoms with E-state index in [1.165, 1.54) is 5.56 Å². The summed E-state index contributed by atoms with van der Waals surface area (Å²) >= 11 is 0. The first-order chi connectivity index (χ1) is 10.2. The molecule has 2 aromatic carbocycles. The van der Waals surface area contributed by atoms with E-state index in [0.29, 0.717) is 24.5 Å². The van der Waals surface area contributed by atoms with Crippen LogP contribution in [0.5, 0.6) is 11.5 Å². The van der Waals surface area contributed by atoms with Crippen LogP contribution >= 0.6 is 0 Å². The van der Waals surface area contributed by atoms with Gasteiger partial charge in [-0.25, -0.2) is 0 Å². The summed E-state index contributed by atoms with van der Waals surface area (Å²) in [6, 6.07) is 14.9. The second-order valence-corrected chi connectivity index (χ2v) is 4.65. The van der Waals surface area contributed by atoms with E-state index in [9.17, 15) is 4.79 Å². The van der Waals surface area contributed by atoms with Crippen molar-refractivity contribution in [2.24, 2.45) is 0 Å². The van der Waals surface area contributed by atoms with Crippen molar-refractivity contribution < 1.29 is 14.3 Å². The quantitative estimate of drug-likeness (QED) is 0.830. The average molecular weight is 285 g/mol. The molecule has 0 atom stereocenters. The molecule has 0 aromatic heterocycles. The first kappa shape index (κ1) is 14.9. The van der Waals surface area contributed by atoms with Crippen LogP contribution in [0.25, 0.3) is 0 Å². The third-order valence-corrected chi connectivity index (χ3v) is 3.01. The molecule has 0 saturated carbocycles. The van der Waals surface area contributed by atoms with Gasteiger partial charge in [0.15, 0.2) is 0 Å². The van der Waals surface area contributed by atoms with Crippen LogP contribution in [-0.4, -0.2) is 26.2 Å². The zero-order valence-electron chi connectivity index (χ0n) is 12.3. The van der Waals surface area contributed by atoms with Crippen molar-refractivity contribution in [3.63, 3.8) is 0 Å². The van der Waals surface area contributed by atoms with Crippen LogP contribution in [0.15, 0.2) is 48.5 Å². The topological polar surface area (TPSA) is 47.6 Å². The minimum atomic E-state index is -0.138. The highest BCUT2D eigenvalue weighted by atomic mass is 16.5. The third kappa shape index (κ3) is 4.53. The Bertz CT molecular complexity index is 593. The van der Waals surface area contributed by atoms with Gasteiger partial charge in [-0.1, -0.05) is 23.8 Å². The van der Waals surface area contributed by atoms with E-state index >= 15 is 0 Å². The molecule has 0 unspecified atom stereocenters. The molecule has 4 nitrogen and oxygen atoms in total. The Kier molecular flexibility index (Phi) is 5.21. The lowest BCUT2D eigenvalue weighted by molar-refractivity contribution is 0.0946. The molecule has 4 heteroatoms. The molecule has 0 radical (unpaired) electrons. The van der Waals surface area contributed by atoms with E-state index < -0.39 is 0 Å². The summed E-state index contributed by atoms with van der Waals surface area (Å²) in [6.45, 7) is 2.90. The highest BCUT2D eigenvalue weighted by molar-refractivity contribution is 5.94. The Hall–Kier alpha value is -2.49. The fraction of sp³-hybridized carbons (Fsp3) is 0.235. The van der Waals surface area contributed by atoms with Gasteiger partial charge >= 0.3 is 0 Å². The molecular weight excluding hydrogens is 266 g/mol. The van der Waals surface area contributed by atoms with E-state index in [0.717, 1.165) is 5.75 Å². The summed E-state index contributed by atoms with van der Waals surface area (Å²) in [6.07, 6.45) is 0. The number of nitrogens with one attached hydrogen (secondary N) is 1. The monoisotopic (exact) mass is 285 g/mol. The van der Waals surface area contributed by atoms with Crippen molar-refractivity contribution in [2.45, 2.75) is 6.92 Å². The molecule has 0 fully saturated rings. The first-order valence-electron chi connectivity index (χ1n) is 6.81. The zero-order chi connectivity index (χ0) is 15.1. The highest BCUT2D eigenvalue weighted by Gasteiger charge is 2.05. The maximum Gasteiger partial charge on any atom is 0.251 e. The molecule has 0 aliphatic carbocycles. The summed E-state index contributed by atoms with van der Waals surface area (Å²) in [4.78, 5) is 11.9. The Morgan fingerprint density at radius 2 is 1.86 bits per heavy atom. The normalized spacial score (nSPS) is 10.0. The predicted octanol–water partition coefficient (Wildman–Crippen LogP) is 2.81. The Labute approximate surface area is 124 Å². The van der Waals surface area contributed by atoms with Crippen molar-refractivity contribution in [1.82, 2.24) is 5.32 Å². The van der Waals surface area contributed by atoms with Gasteiger partial charge in [0.1, 0.15) is 18.1 Å². The lowest BCUT2D eigenvalue weighted by atomic mass is 10.2. The number of ether oxygens (including phenoxy) is 2.